The summed E-state index contributed by atoms with van der Waals surface area (Å²) >= 11 is 5.73. The lowest BCUT2D eigenvalue weighted by atomic mass is 10.0. The number of aromatic nitrogens is 28. The first kappa shape index (κ1) is 86.1. The number of thiophene rings is 4. The zero-order valence-corrected chi connectivity index (χ0v) is 76.6. The first-order valence-electron chi connectivity index (χ1n) is 42.6. The number of nitrogens with zero attached hydrogens (tertiary/aromatic N) is 20. The summed E-state index contributed by atoms with van der Waals surface area (Å²) in [5, 5.41) is 35.9. The van der Waals surface area contributed by atoms with E-state index in [0.717, 1.165) is 169 Å². The number of Topliss-reactive ketones (excluding diaryl/α,β-unsaturated/α-hetero) is 4. The van der Waals surface area contributed by atoms with Crippen molar-refractivity contribution in [3.63, 3.8) is 0 Å². The van der Waals surface area contributed by atoms with Gasteiger partial charge >= 0.3 is 0 Å². The van der Waals surface area contributed by atoms with Gasteiger partial charge in [0.1, 0.15) is 44.8 Å². The van der Waals surface area contributed by atoms with Crippen molar-refractivity contribution in [2.75, 3.05) is 11.1 Å². The number of fused-ring (bicyclic) bond motifs is 8. The van der Waals surface area contributed by atoms with Crippen molar-refractivity contribution < 1.29 is 24.0 Å². The van der Waals surface area contributed by atoms with Gasteiger partial charge in [-0.15, -0.1) is 45.3 Å². The second kappa shape index (κ2) is 36.1. The molecule has 11 N–H and O–H groups in total. The molecule has 137 heavy (non-hydrogen) atoms. The number of pyridine rings is 12. The van der Waals surface area contributed by atoms with Crippen LogP contribution in [0.1, 0.15) is 92.2 Å². The third-order valence-electron chi connectivity index (χ3n) is 22.4. The highest BCUT2D eigenvalue weighted by Gasteiger charge is 2.26. The molecule has 0 fully saturated rings. The van der Waals surface area contributed by atoms with Gasteiger partial charge < -0.3 is 31.0 Å². The largest absolute Gasteiger partial charge is 0.397 e. The number of hydrogen-bond acceptors (Lipinski definition) is 30. The number of hydrogen-bond donors (Lipinski definition) is 10. The number of amides is 1. The van der Waals surface area contributed by atoms with E-state index in [1.165, 1.54) is 45.3 Å². The molecular weight excluding hydrogens is 1810 g/mol. The van der Waals surface area contributed by atoms with Crippen LogP contribution in [0.15, 0.2) is 227 Å². The van der Waals surface area contributed by atoms with Gasteiger partial charge in [0, 0.05) is 186 Å². The smallest absolute Gasteiger partial charge is 0.224 e. The normalized spacial score (nSPS) is 11.4. The summed E-state index contributed by atoms with van der Waals surface area (Å²) in [7, 11) is 0. The highest BCUT2D eigenvalue weighted by atomic mass is 32.1. The molecule has 0 aromatic carbocycles. The lowest BCUT2D eigenvalue weighted by Crippen LogP contribution is -2.13. The Morgan fingerprint density at radius 1 is 0.343 bits per heavy atom. The molecule has 0 aliphatic carbocycles. The second-order valence-electron chi connectivity index (χ2n) is 32.4. The van der Waals surface area contributed by atoms with Crippen molar-refractivity contribution in [2.45, 2.75) is 54.9 Å². The lowest BCUT2D eigenvalue weighted by Gasteiger charge is -2.08. The van der Waals surface area contributed by atoms with E-state index in [-0.39, 0.29) is 35.0 Å². The number of H-pyrrole nitrogens is 8. The molecule has 0 bridgehead atoms. The molecule has 0 atom stereocenters. The van der Waals surface area contributed by atoms with Crippen LogP contribution in [-0.2, 0) is 4.79 Å². The molecule has 0 spiro atoms. The van der Waals surface area contributed by atoms with Crippen LogP contribution in [0.2, 0.25) is 0 Å². The van der Waals surface area contributed by atoms with Crippen LogP contribution in [0.4, 0.5) is 11.4 Å². The van der Waals surface area contributed by atoms with Crippen LogP contribution >= 0.6 is 45.3 Å². The molecule has 1 amide bonds. The Kier molecular flexibility index (Phi) is 22.7. The highest BCUT2D eigenvalue weighted by molar-refractivity contribution is 7.18. The molecule has 39 heteroatoms. The predicted molar refractivity (Wildman–Crippen MR) is 531 cm³/mol. The molecule has 35 nitrogen and oxygen atoms in total. The summed E-state index contributed by atoms with van der Waals surface area (Å²) in [6, 6.07) is 32.7. The maximum Gasteiger partial charge on any atom is 0.224 e. The summed E-state index contributed by atoms with van der Waals surface area (Å²) in [6.45, 7) is 12.3. The highest BCUT2D eigenvalue weighted by Crippen LogP contribution is 2.42. The van der Waals surface area contributed by atoms with Crippen molar-refractivity contribution in [1.82, 2.24) is 140 Å². The predicted octanol–water partition coefficient (Wildman–Crippen LogP) is 20.4. The van der Waals surface area contributed by atoms with Gasteiger partial charge in [0.05, 0.1) is 105 Å². The molecular formula is C98H72N30O5S4. The Balaban J connectivity index is 0.000000109. The number of aryl methyl sites for hydroxylation is 1. The van der Waals surface area contributed by atoms with E-state index in [2.05, 4.69) is 132 Å². The topological polar surface area (TPSA) is 508 Å². The third-order valence-corrected chi connectivity index (χ3v) is 27.3. The molecule has 0 aliphatic rings. The minimum atomic E-state index is -0.0477. The number of nitrogen functional groups attached to an aromatic ring is 1. The van der Waals surface area contributed by atoms with Crippen molar-refractivity contribution >= 4 is 174 Å². The van der Waals surface area contributed by atoms with Crippen LogP contribution in [0.25, 0.3) is 221 Å². The van der Waals surface area contributed by atoms with Crippen LogP contribution < -0.4 is 11.1 Å². The van der Waals surface area contributed by atoms with Crippen LogP contribution in [-0.4, -0.2) is 170 Å². The number of nitrogens with two attached hydrogens (primary N) is 1. The summed E-state index contributed by atoms with van der Waals surface area (Å²) in [5.41, 5.74) is 30.4. The Bertz CT molecular complexity index is 8870. The van der Waals surface area contributed by atoms with Crippen molar-refractivity contribution in [3.8, 4) is 132 Å². The number of aromatic amines is 8. The number of carbonyl (C=O) groups excluding carboxylic acids is 5. The monoisotopic (exact) mass is 1880 g/mol. The fourth-order valence-corrected chi connectivity index (χ4v) is 19.4. The van der Waals surface area contributed by atoms with Gasteiger partial charge in [0.15, 0.2) is 69.0 Å². The number of imidazole rings is 4. The first-order chi connectivity index (χ1) is 66.7. The first-order valence-corrected chi connectivity index (χ1v) is 45.9. The minimum absolute atomic E-state index is 0.0278. The maximum absolute atomic E-state index is 12.2. The quantitative estimate of drug-likeness (QED) is 0.0336. The zero-order valence-electron chi connectivity index (χ0n) is 73.3. The second-order valence-corrected chi connectivity index (χ2v) is 36.7. The third kappa shape index (κ3) is 17.2. The Hall–Kier alpha value is -17.7. The van der Waals surface area contributed by atoms with E-state index in [4.69, 9.17) is 25.7 Å². The lowest BCUT2D eigenvalue weighted by molar-refractivity contribution is -0.116. The van der Waals surface area contributed by atoms with Crippen LogP contribution in [0.3, 0.4) is 0 Å². The van der Waals surface area contributed by atoms with Crippen LogP contribution in [0.5, 0.6) is 0 Å². The number of anilines is 2. The maximum atomic E-state index is 12.2. The number of nitrogens with one attached hydrogen (secondary N) is 9. The number of rotatable bonds is 19. The van der Waals surface area contributed by atoms with Crippen molar-refractivity contribution in [1.29, 1.82) is 0 Å². The van der Waals surface area contributed by atoms with Gasteiger partial charge in [0.2, 0.25) is 5.91 Å². The molecule has 24 heterocycles. The summed E-state index contributed by atoms with van der Waals surface area (Å²) in [5.74, 6) is 2.88. The Morgan fingerprint density at radius 2 is 0.672 bits per heavy atom. The van der Waals surface area contributed by atoms with Gasteiger partial charge in [-0.2, -0.15) is 20.4 Å². The van der Waals surface area contributed by atoms with Gasteiger partial charge in [-0.05, 0) is 143 Å². The van der Waals surface area contributed by atoms with E-state index in [1.54, 1.807) is 145 Å². The molecule has 0 saturated heterocycles. The fraction of sp³-hybridized carbons (Fsp3) is 0.0918. The summed E-state index contributed by atoms with van der Waals surface area (Å²) < 4.78 is 0. The molecule has 668 valence electrons. The van der Waals surface area contributed by atoms with Gasteiger partial charge in [-0.25, -0.2) is 39.9 Å². The van der Waals surface area contributed by atoms with E-state index in [9.17, 15) is 24.0 Å². The molecule has 0 aliphatic heterocycles. The average molecular weight is 1880 g/mol. The SMILES string of the molecule is CC(=O)c1ccc(-c2cncc3[nH]c(-c4[nH]nc5ncc(-c6cccnc6)cc45)nc23)s1.CC(=O)c1ccc(-c2cncc3[nH]c(-c4[nH]nc5ncc(-c6cncc(N)c6)cc45)nc23)s1.CC(=O)c1ccc(-c2cncc3[nH]c(-c4[nH]nc5ncc(-c6cncc(NC(=O)CC(C)C)c6)cc45)nc23)s1.CC(=O)c1ccc(-c2cncc3[nH]c(-c4[nH]nc5ncc(-c6cnccc6C)cc45)nc23)s1. The zero-order chi connectivity index (χ0) is 93.8. The van der Waals surface area contributed by atoms with Crippen molar-refractivity contribution in [2.24, 2.45) is 5.92 Å². The van der Waals surface area contributed by atoms with Gasteiger partial charge in [-0.3, -0.25) is 84.2 Å². The molecule has 24 aromatic rings. The van der Waals surface area contributed by atoms with Gasteiger partial charge in [-0.1, -0.05) is 19.9 Å². The van der Waals surface area contributed by atoms with E-state index < -0.39 is 0 Å². The minimum Gasteiger partial charge on any atom is -0.397 e. The average Bonchev–Trinajstić information content (AvgIpc) is 1.62. The van der Waals surface area contributed by atoms with E-state index in [1.807, 2.05) is 124 Å². The molecule has 0 unspecified atom stereocenters. The van der Waals surface area contributed by atoms with Crippen molar-refractivity contribution in [3.05, 3.63) is 252 Å². The molecule has 24 aromatic heterocycles. The molecule has 24 rings (SSSR count). The van der Waals surface area contributed by atoms with Gasteiger partial charge in [0.25, 0.3) is 0 Å². The molecule has 0 radical (unpaired) electrons. The summed E-state index contributed by atoms with van der Waals surface area (Å²) in [4.78, 5) is 151. The molecule has 0 saturated carbocycles. The standard InChI is InChI=1S/C28H24N8O2S.C24H17N7OS.C23H16N8OS.C23H15N7OS/c1-14(2)6-24(38)32-18-7-16(9-29-11-18)17-8-19-26(35-36-27(19)31-10-17)28-33-21-13-30-12-20(25(21)34-28)23-5-4-22(39-23)15(3)37;1-12-5-6-25-9-16(12)14-7-15-22(30-31-23(15)27-8-14)24-28-18-11-26-10-17(21(18)29-24)20-4-3-19(33-20)13(2)32;1-11(32)18-2-3-19(33-18)16-9-26-10-17-20(16)29-23(28-17)21-15-5-13(7-27-22(15)31-30-21)12-4-14(24)8-25-6-12;1-12(31)18-4-5-19(32-18)16-10-25-11-17-20(16)28-23(27-17)21-15-7-14(9-26-22(15)30-29-21)13-3-2-6-24-8-13/h4-5,7-14H,6H2,1-3H3,(H,32,38)(H,33,34)(H,31,35,36);3-11H,1-2H3,(H,28,29)(H,27,30,31);2-10H,24H2,1H3,(H,28,29)(H,27,30,31);2-11H,1H3,(H,27,28)(H,26,29,30). The fourth-order valence-electron chi connectivity index (χ4n) is 15.7. The number of carbonyl (C=O) groups is 5. The number of ketones is 4. The van der Waals surface area contributed by atoms with Crippen LogP contribution in [0, 0.1) is 12.8 Å². The summed E-state index contributed by atoms with van der Waals surface area (Å²) in [6.07, 6.45) is 35.4. The Labute approximate surface area is 789 Å². The van der Waals surface area contributed by atoms with E-state index >= 15 is 0 Å². The Morgan fingerprint density at radius 3 is 1.02 bits per heavy atom. The van der Waals surface area contributed by atoms with E-state index in [0.29, 0.717) is 94.6 Å².